The predicted octanol–water partition coefficient (Wildman–Crippen LogP) is 8.82. The SMILES string of the molecule is Cl.O=C(CBr)Nc1cccc(C(F)(F)F)c1.O=C(CN1C(=O)C(c2ccc(-c3ccccn3)cc2)=NC12CCCC2)Nc1cccc(C(F)(F)F)c1.O=C1NC2(CCCC2)N=C1c1ccc(-c2ccccn2)cc1.[H-].[Na+]. The smallest absolute Gasteiger partial charge is 1.00 e. The van der Waals surface area contributed by atoms with Crippen molar-refractivity contribution < 1.29 is 76.5 Å². The van der Waals surface area contributed by atoms with Gasteiger partial charge in [-0.15, -0.1) is 12.4 Å². The second kappa shape index (κ2) is 25.1. The molecule has 0 unspecified atom stereocenters. The Morgan fingerprint density at radius 1 is 0.600 bits per heavy atom. The number of alkyl halides is 7. The number of aliphatic imine (C=N–C) groups is 2. The molecule has 4 heterocycles. The molecule has 0 atom stereocenters. The molecule has 2 aliphatic carbocycles. The van der Waals surface area contributed by atoms with Gasteiger partial charge >= 0.3 is 41.9 Å². The van der Waals surface area contributed by atoms with E-state index in [-0.39, 0.29) is 89.8 Å². The Hall–Kier alpha value is -6.25. The fourth-order valence-electron chi connectivity index (χ4n) is 9.07. The summed E-state index contributed by atoms with van der Waals surface area (Å²) in [5.41, 5.74) is 3.43. The van der Waals surface area contributed by atoms with Crippen molar-refractivity contribution in [1.29, 1.82) is 0 Å². The summed E-state index contributed by atoms with van der Waals surface area (Å²) in [5.74, 6) is -1.38. The van der Waals surface area contributed by atoms with E-state index in [9.17, 15) is 45.5 Å². The zero-order valence-corrected chi connectivity index (χ0v) is 44.8. The molecule has 2 spiro atoms. The van der Waals surface area contributed by atoms with Gasteiger partial charge in [0.15, 0.2) is 0 Å². The van der Waals surface area contributed by atoms with Crippen LogP contribution in [-0.2, 0) is 31.5 Å². The Kier molecular flexibility index (Phi) is 19.4. The first kappa shape index (κ1) is 58.0. The molecule has 6 aromatic rings. The second-order valence-electron chi connectivity index (χ2n) is 17.7. The molecule has 0 saturated heterocycles. The summed E-state index contributed by atoms with van der Waals surface area (Å²) in [6.45, 7) is -0.298. The number of halogens is 8. The van der Waals surface area contributed by atoms with Crippen molar-refractivity contribution in [3.63, 3.8) is 0 Å². The van der Waals surface area contributed by atoms with Crippen LogP contribution in [0.25, 0.3) is 22.5 Å². The number of nitrogens with zero attached hydrogens (tertiary/aromatic N) is 5. The van der Waals surface area contributed by atoms with Crippen molar-refractivity contribution in [3.8, 4) is 22.5 Å². The Bertz CT molecular complexity index is 3040. The van der Waals surface area contributed by atoms with E-state index in [0.29, 0.717) is 24.1 Å². The molecule has 4 aliphatic rings. The van der Waals surface area contributed by atoms with Crippen LogP contribution in [0, 0.1) is 0 Å². The van der Waals surface area contributed by atoms with Crippen molar-refractivity contribution in [3.05, 3.63) is 168 Å². The quantitative estimate of drug-likeness (QED) is 0.0746. The Balaban J connectivity index is 0.000000228. The number of rotatable bonds is 9. The standard InChI is InChI=1S/C27H23F3N4O2.C18H17N3O.C9H7BrF3NO.ClH.Na.H/c28-27(29,30)20-6-5-7-21(16-20)32-23(35)17-34-25(36)24(33-26(34)13-2-3-14-26)19-11-9-18(10-12-19)22-8-1-4-15-31-22;22-17-16(20-18(21-17)10-2-3-11-18)14-8-6-13(7-9-14)15-5-1-4-12-19-15;10-5-8(15)14-7-3-1-2-6(4-7)9(11,12)13;;;/h1,4-12,15-16H,2-3,13-14,17H2,(H,32,35);1,4-9,12H,2-3,10-11H2,(H,21,22);1-4H,5H2,(H,14,15);1H;;/q;;;;+1;-1. The average molecular weight is 1130 g/mol. The first-order chi connectivity index (χ1) is 34.9. The van der Waals surface area contributed by atoms with Crippen LogP contribution >= 0.6 is 28.3 Å². The van der Waals surface area contributed by atoms with E-state index in [1.54, 1.807) is 12.4 Å². The predicted molar refractivity (Wildman–Crippen MR) is 277 cm³/mol. The summed E-state index contributed by atoms with van der Waals surface area (Å²) in [7, 11) is 0. The van der Waals surface area contributed by atoms with Crippen LogP contribution in [0.2, 0.25) is 0 Å². The largest absolute Gasteiger partial charge is 1.00 e. The van der Waals surface area contributed by atoms with Gasteiger partial charge in [-0.1, -0.05) is 88.7 Å². The van der Waals surface area contributed by atoms with Crippen LogP contribution in [0.3, 0.4) is 0 Å². The molecule has 386 valence electrons. The monoisotopic (exact) mass is 1120 g/mol. The third-order valence-corrected chi connectivity index (χ3v) is 13.1. The number of hydrogen-bond acceptors (Lipinski definition) is 8. The maximum absolute atomic E-state index is 13.4. The minimum absolute atomic E-state index is 0. The van der Waals surface area contributed by atoms with Gasteiger partial charge in [0.05, 0.1) is 27.8 Å². The first-order valence-corrected chi connectivity index (χ1v) is 24.4. The van der Waals surface area contributed by atoms with E-state index in [0.717, 1.165) is 90.9 Å². The molecule has 10 rings (SSSR count). The maximum atomic E-state index is 13.4. The molecule has 2 aromatic heterocycles. The number of hydrogen-bond donors (Lipinski definition) is 3. The zero-order valence-electron chi connectivity index (χ0n) is 41.4. The molecule has 3 N–H and O–H groups in total. The van der Waals surface area contributed by atoms with E-state index < -0.39 is 41.0 Å². The number of benzene rings is 4. The van der Waals surface area contributed by atoms with Crippen LogP contribution in [0.1, 0.15) is 75.0 Å². The van der Waals surface area contributed by atoms with Gasteiger partial charge in [-0.25, -0.2) is 0 Å². The third kappa shape index (κ3) is 14.4. The number of amides is 4. The number of pyridine rings is 2. The number of aromatic nitrogens is 2. The van der Waals surface area contributed by atoms with Gasteiger partial charge < -0.3 is 22.3 Å². The summed E-state index contributed by atoms with van der Waals surface area (Å²) < 4.78 is 75.9. The van der Waals surface area contributed by atoms with Gasteiger partial charge in [-0.05, 0) is 112 Å². The normalized spacial score (nSPS) is 16.0. The van der Waals surface area contributed by atoms with Crippen LogP contribution in [0.4, 0.5) is 37.7 Å². The number of nitrogens with one attached hydrogen (secondary N) is 3. The molecular formula is C54H49BrClF6N8NaO4. The fraction of sp³-hybridized carbons (Fsp3) is 0.259. The van der Waals surface area contributed by atoms with Gasteiger partial charge in [0, 0.05) is 46.0 Å². The minimum atomic E-state index is -4.52. The fourth-order valence-corrected chi connectivity index (χ4v) is 9.21. The molecule has 2 saturated carbocycles. The summed E-state index contributed by atoms with van der Waals surface area (Å²) >= 11 is 2.90. The average Bonchev–Trinajstić information content (AvgIpc) is 4.20. The van der Waals surface area contributed by atoms with E-state index >= 15 is 0 Å². The molecule has 0 bridgehead atoms. The molecule has 75 heavy (non-hydrogen) atoms. The van der Waals surface area contributed by atoms with Gasteiger partial charge in [-0.3, -0.25) is 39.1 Å². The van der Waals surface area contributed by atoms with Gasteiger partial charge in [-0.2, -0.15) is 26.3 Å². The molecule has 2 fully saturated rings. The zero-order chi connectivity index (χ0) is 51.8. The van der Waals surface area contributed by atoms with Gasteiger partial charge in [0.2, 0.25) is 11.8 Å². The summed E-state index contributed by atoms with van der Waals surface area (Å²) in [4.78, 5) is 69.1. The number of carbonyl (C=O) groups excluding carboxylic acids is 4. The second-order valence-corrected chi connectivity index (χ2v) is 18.2. The number of anilines is 2. The van der Waals surface area contributed by atoms with Crippen LogP contribution < -0.4 is 45.5 Å². The molecular weight excluding hydrogens is 1080 g/mol. The number of carbonyl (C=O) groups is 4. The Morgan fingerprint density at radius 2 is 1.05 bits per heavy atom. The van der Waals surface area contributed by atoms with Crippen LogP contribution in [-0.4, -0.2) is 73.1 Å². The van der Waals surface area contributed by atoms with Crippen molar-refractivity contribution in [2.75, 3.05) is 22.5 Å². The summed E-state index contributed by atoms with van der Waals surface area (Å²) in [5, 5.41) is 7.93. The molecule has 4 aromatic carbocycles. The Morgan fingerprint density at radius 3 is 1.51 bits per heavy atom. The van der Waals surface area contributed by atoms with Crippen LogP contribution in [0.5, 0.6) is 0 Å². The van der Waals surface area contributed by atoms with Crippen molar-refractivity contribution in [2.45, 2.75) is 75.0 Å². The van der Waals surface area contributed by atoms with Crippen molar-refractivity contribution in [1.82, 2.24) is 20.2 Å². The minimum Gasteiger partial charge on any atom is -1.00 e. The van der Waals surface area contributed by atoms with Gasteiger partial charge in [0.1, 0.15) is 29.3 Å². The third-order valence-electron chi connectivity index (χ3n) is 12.6. The van der Waals surface area contributed by atoms with Gasteiger partial charge in [0.25, 0.3) is 11.8 Å². The topological polar surface area (TPSA) is 158 Å². The molecule has 12 nitrogen and oxygen atoms in total. The molecule has 4 amide bonds. The van der Waals surface area contributed by atoms with E-state index in [4.69, 9.17) is 9.98 Å². The maximum Gasteiger partial charge on any atom is 1.00 e. The first-order valence-electron chi connectivity index (χ1n) is 23.3. The van der Waals surface area contributed by atoms with Crippen LogP contribution in [0.15, 0.2) is 156 Å². The van der Waals surface area contributed by atoms with E-state index in [1.807, 2.05) is 84.9 Å². The Labute approximate surface area is 466 Å². The van der Waals surface area contributed by atoms with Crippen molar-refractivity contribution in [2.24, 2.45) is 9.98 Å². The molecule has 2 aliphatic heterocycles. The molecule has 21 heteroatoms. The summed E-state index contributed by atoms with van der Waals surface area (Å²) in [6.07, 6.45) is 1.75. The van der Waals surface area contributed by atoms with Crippen molar-refractivity contribution >= 4 is 74.8 Å². The molecule has 0 radical (unpaired) electrons. The van der Waals surface area contributed by atoms with E-state index in [2.05, 4.69) is 41.8 Å². The van der Waals surface area contributed by atoms with E-state index in [1.165, 1.54) is 29.2 Å². The summed E-state index contributed by atoms with van der Waals surface area (Å²) in [6, 6.07) is 35.6.